The topological polar surface area (TPSA) is 102 Å². The van der Waals surface area contributed by atoms with Crippen LogP contribution in [0, 0.1) is 0 Å². The summed E-state index contributed by atoms with van der Waals surface area (Å²) >= 11 is 1.50. The van der Waals surface area contributed by atoms with Crippen LogP contribution in [0.4, 0.5) is 0 Å². The van der Waals surface area contributed by atoms with Crippen molar-refractivity contribution in [1.82, 2.24) is 30.2 Å². The first-order chi connectivity index (χ1) is 12.3. The molecule has 0 saturated heterocycles. The number of hydrogen-bond donors (Lipinski definition) is 1. The number of rotatable bonds is 6. The second-order valence-electron chi connectivity index (χ2n) is 5.33. The van der Waals surface area contributed by atoms with Crippen molar-refractivity contribution in [2.75, 3.05) is 5.75 Å². The highest BCUT2D eigenvalue weighted by Gasteiger charge is 2.10. The maximum absolute atomic E-state index is 12.1. The largest absolute Gasteiger partial charge is 0.467 e. The van der Waals surface area contributed by atoms with Crippen LogP contribution >= 0.6 is 11.8 Å². The van der Waals surface area contributed by atoms with E-state index < -0.39 is 0 Å². The third-order valence-electron chi connectivity index (χ3n) is 3.62. The van der Waals surface area contributed by atoms with Crippen molar-refractivity contribution in [3.05, 3.63) is 64.6 Å². The van der Waals surface area contributed by atoms with E-state index >= 15 is 0 Å². The van der Waals surface area contributed by atoms with Gasteiger partial charge in [-0.25, -0.2) is 9.67 Å². The number of nitrogens with one attached hydrogen (secondary N) is 1. The van der Waals surface area contributed by atoms with E-state index in [9.17, 15) is 4.79 Å². The van der Waals surface area contributed by atoms with Crippen molar-refractivity contribution in [2.24, 2.45) is 0 Å². The molecular weight excluding hydrogens is 340 g/mol. The zero-order valence-corrected chi connectivity index (χ0v) is 13.9. The molecule has 3 aromatic heterocycles. The summed E-state index contributed by atoms with van der Waals surface area (Å²) < 4.78 is 6.99. The minimum atomic E-state index is -0.117. The molecule has 1 N–H and O–H groups in total. The minimum Gasteiger partial charge on any atom is -0.467 e. The number of benzene rings is 1. The van der Waals surface area contributed by atoms with Gasteiger partial charge in [-0.05, 0) is 34.7 Å². The van der Waals surface area contributed by atoms with Crippen LogP contribution in [-0.4, -0.2) is 35.9 Å². The molecule has 0 aliphatic heterocycles. The lowest BCUT2D eigenvalue weighted by Crippen LogP contribution is -2.12. The molecule has 0 radical (unpaired) electrons. The quantitative estimate of drug-likeness (QED) is 0.527. The van der Waals surface area contributed by atoms with Crippen molar-refractivity contribution in [1.29, 1.82) is 0 Å². The molecule has 0 bridgehead atoms. The third kappa shape index (κ3) is 3.45. The number of aryl methyl sites for hydroxylation is 1. The normalized spacial score (nSPS) is 11.2. The minimum absolute atomic E-state index is 0.117. The number of furan rings is 1. The van der Waals surface area contributed by atoms with Gasteiger partial charge in [-0.15, -0.1) is 5.10 Å². The van der Waals surface area contributed by atoms with E-state index in [0.717, 1.165) is 5.76 Å². The summed E-state index contributed by atoms with van der Waals surface area (Å²) in [5.41, 5.74) is 0.585. The lowest BCUT2D eigenvalue weighted by atomic mass is 10.2. The molecule has 0 spiro atoms. The van der Waals surface area contributed by atoms with E-state index in [0.29, 0.717) is 40.6 Å². The van der Waals surface area contributed by atoms with Gasteiger partial charge >= 0.3 is 0 Å². The summed E-state index contributed by atoms with van der Waals surface area (Å²) in [6, 6.07) is 11.0. The predicted octanol–water partition coefficient (Wildman–Crippen LogP) is 1.89. The number of thioether (sulfide) groups is 1. The highest BCUT2D eigenvalue weighted by atomic mass is 32.2. The summed E-state index contributed by atoms with van der Waals surface area (Å²) in [5, 5.41) is 13.0. The number of para-hydroxylation sites is 1. The van der Waals surface area contributed by atoms with Crippen LogP contribution in [0.1, 0.15) is 11.6 Å². The van der Waals surface area contributed by atoms with Crippen LogP contribution < -0.4 is 5.56 Å². The van der Waals surface area contributed by atoms with Crippen molar-refractivity contribution in [3.8, 4) is 0 Å². The van der Waals surface area contributed by atoms with Gasteiger partial charge in [0.05, 0.1) is 17.2 Å². The Bertz CT molecular complexity index is 1040. The van der Waals surface area contributed by atoms with Gasteiger partial charge in [-0.1, -0.05) is 23.9 Å². The molecule has 0 fully saturated rings. The van der Waals surface area contributed by atoms with Crippen LogP contribution in [0.15, 0.2) is 57.0 Å². The molecule has 3 heterocycles. The van der Waals surface area contributed by atoms with Crippen LogP contribution in [0.3, 0.4) is 0 Å². The Labute approximate surface area is 146 Å². The van der Waals surface area contributed by atoms with Gasteiger partial charge in [0.25, 0.3) is 5.56 Å². The fourth-order valence-electron chi connectivity index (χ4n) is 2.44. The maximum Gasteiger partial charge on any atom is 0.258 e. The first-order valence-electron chi connectivity index (χ1n) is 7.69. The molecular formula is C16H14N6O2S. The van der Waals surface area contributed by atoms with Crippen molar-refractivity contribution in [2.45, 2.75) is 18.1 Å². The van der Waals surface area contributed by atoms with Gasteiger partial charge in [-0.2, -0.15) is 0 Å². The molecule has 0 amide bonds. The molecule has 9 heteroatoms. The highest BCUT2D eigenvalue weighted by Crippen LogP contribution is 2.16. The third-order valence-corrected chi connectivity index (χ3v) is 4.58. The van der Waals surface area contributed by atoms with Gasteiger partial charge in [0, 0.05) is 12.2 Å². The van der Waals surface area contributed by atoms with Crippen molar-refractivity contribution >= 4 is 22.7 Å². The van der Waals surface area contributed by atoms with Gasteiger partial charge in [0.1, 0.15) is 18.1 Å². The summed E-state index contributed by atoms with van der Waals surface area (Å²) in [4.78, 5) is 19.4. The number of tetrazole rings is 1. The number of nitrogens with zero attached hydrogens (tertiary/aromatic N) is 5. The predicted molar refractivity (Wildman–Crippen MR) is 92.4 cm³/mol. The van der Waals surface area contributed by atoms with Crippen LogP contribution in [0.25, 0.3) is 10.9 Å². The van der Waals surface area contributed by atoms with E-state index in [1.165, 1.54) is 11.8 Å². The fraction of sp³-hybridized carbons (Fsp3) is 0.188. The van der Waals surface area contributed by atoms with E-state index in [2.05, 4.69) is 25.5 Å². The molecule has 0 saturated carbocycles. The number of fused-ring (bicyclic) bond motifs is 1. The highest BCUT2D eigenvalue weighted by molar-refractivity contribution is 7.99. The molecule has 4 aromatic rings. The molecule has 126 valence electrons. The van der Waals surface area contributed by atoms with Crippen LogP contribution in [0.5, 0.6) is 0 Å². The van der Waals surface area contributed by atoms with Crippen molar-refractivity contribution in [3.63, 3.8) is 0 Å². The molecule has 4 rings (SSSR count). The van der Waals surface area contributed by atoms with E-state index in [-0.39, 0.29) is 5.56 Å². The fourth-order valence-corrected chi connectivity index (χ4v) is 3.26. The summed E-state index contributed by atoms with van der Waals surface area (Å²) in [5.74, 6) is 2.13. The molecule has 0 aliphatic rings. The summed E-state index contributed by atoms with van der Waals surface area (Å²) in [6.07, 6.45) is 2.23. The van der Waals surface area contributed by atoms with Crippen LogP contribution in [-0.2, 0) is 13.0 Å². The number of H-pyrrole nitrogens is 1. The zero-order chi connectivity index (χ0) is 17.1. The Hall–Kier alpha value is -2.94. The summed E-state index contributed by atoms with van der Waals surface area (Å²) in [7, 11) is 0. The van der Waals surface area contributed by atoms with Crippen molar-refractivity contribution < 1.29 is 4.42 Å². The molecule has 0 atom stereocenters. The second kappa shape index (κ2) is 6.89. The first kappa shape index (κ1) is 15.6. The number of aromatic nitrogens is 6. The van der Waals surface area contributed by atoms with Gasteiger partial charge in [-0.3, -0.25) is 4.79 Å². The summed E-state index contributed by atoms with van der Waals surface area (Å²) in [6.45, 7) is 0.480. The Morgan fingerprint density at radius 2 is 2.12 bits per heavy atom. The molecule has 0 unspecified atom stereocenters. The average molecular weight is 354 g/mol. The van der Waals surface area contributed by atoms with Gasteiger partial charge in [0.2, 0.25) is 5.16 Å². The molecule has 25 heavy (non-hydrogen) atoms. The molecule has 1 aromatic carbocycles. The average Bonchev–Trinajstić information content (AvgIpc) is 3.28. The lowest BCUT2D eigenvalue weighted by Gasteiger charge is -2.04. The smallest absolute Gasteiger partial charge is 0.258 e. The maximum atomic E-state index is 12.1. The Morgan fingerprint density at radius 3 is 3.00 bits per heavy atom. The molecule has 0 aliphatic carbocycles. The Kier molecular flexibility index (Phi) is 4.30. The van der Waals surface area contributed by atoms with Crippen LogP contribution in [0.2, 0.25) is 0 Å². The molecule has 8 nitrogen and oxygen atoms in total. The monoisotopic (exact) mass is 354 g/mol. The Morgan fingerprint density at radius 1 is 1.20 bits per heavy atom. The SMILES string of the molecule is O=c1[nH]c(CCSc2nnnn2Cc2ccco2)nc2ccccc12. The van der Waals surface area contributed by atoms with E-state index in [4.69, 9.17) is 4.42 Å². The zero-order valence-electron chi connectivity index (χ0n) is 13.1. The number of aromatic amines is 1. The van der Waals surface area contributed by atoms with E-state index in [1.807, 2.05) is 30.3 Å². The number of hydrogen-bond acceptors (Lipinski definition) is 7. The standard InChI is InChI=1S/C16H14N6O2S/c23-15-12-5-1-2-6-13(12)17-14(18-15)7-9-25-16-19-20-21-22(16)10-11-4-3-8-24-11/h1-6,8H,7,9-10H2,(H,17,18,23). The van der Waals surface area contributed by atoms with E-state index in [1.54, 1.807) is 17.0 Å². The first-order valence-corrected chi connectivity index (χ1v) is 8.67. The second-order valence-corrected chi connectivity index (χ2v) is 6.39. The van der Waals surface area contributed by atoms with Gasteiger partial charge < -0.3 is 9.40 Å². The lowest BCUT2D eigenvalue weighted by molar-refractivity contribution is 0.462. The Balaban J connectivity index is 1.43. The van der Waals surface area contributed by atoms with Gasteiger partial charge in [0.15, 0.2) is 0 Å².